The van der Waals surface area contributed by atoms with Gasteiger partial charge < -0.3 is 14.5 Å². The second-order valence-electron chi connectivity index (χ2n) is 6.48. The lowest BCUT2D eigenvalue weighted by atomic mass is 10.1. The Hall–Kier alpha value is -0.120. The van der Waals surface area contributed by atoms with Crippen molar-refractivity contribution in [3.05, 3.63) is 0 Å². The Morgan fingerprint density at radius 3 is 1.20 bits per heavy atom. The Morgan fingerprint density at radius 1 is 0.400 bits per heavy atom. The first kappa shape index (κ1) is 16.3. The van der Waals surface area contributed by atoms with Gasteiger partial charge in [-0.3, -0.25) is 0 Å². The lowest BCUT2D eigenvalue weighted by molar-refractivity contribution is 0.0779. The van der Waals surface area contributed by atoms with Gasteiger partial charge in [-0.25, -0.2) is 0 Å². The van der Waals surface area contributed by atoms with Crippen LogP contribution in [0, 0.1) is 0 Å². The third-order valence-corrected chi connectivity index (χ3v) is 4.75. The van der Waals surface area contributed by atoms with Gasteiger partial charge in [-0.1, -0.05) is 32.1 Å². The van der Waals surface area contributed by atoms with E-state index in [4.69, 9.17) is 4.74 Å². The molecule has 3 aliphatic heterocycles. The Bertz CT molecular complexity index is 194. The zero-order valence-corrected chi connectivity index (χ0v) is 13.3. The van der Waals surface area contributed by atoms with Gasteiger partial charge in [0.15, 0.2) is 0 Å². The van der Waals surface area contributed by atoms with Crippen LogP contribution in [0.2, 0.25) is 0 Å². The molecule has 0 spiro atoms. The van der Waals surface area contributed by atoms with Crippen molar-refractivity contribution in [2.45, 2.75) is 57.8 Å². The highest BCUT2D eigenvalue weighted by Crippen LogP contribution is 2.10. The van der Waals surface area contributed by atoms with Crippen molar-refractivity contribution in [1.29, 1.82) is 0 Å². The van der Waals surface area contributed by atoms with E-state index in [0.717, 1.165) is 26.3 Å². The number of hydrogen-bond acceptors (Lipinski definition) is 3. The SMILES string of the molecule is C1CCCCN2CCCCCN(CCC1)CCOCC2. The predicted octanol–water partition coefficient (Wildman–Crippen LogP) is 3.15. The molecule has 0 saturated carbocycles. The molecule has 3 fully saturated rings. The van der Waals surface area contributed by atoms with Crippen LogP contribution < -0.4 is 0 Å². The summed E-state index contributed by atoms with van der Waals surface area (Å²) in [7, 11) is 0. The first-order chi connectivity index (χ1) is 9.95. The van der Waals surface area contributed by atoms with Crippen LogP contribution in [0.3, 0.4) is 0 Å². The number of ether oxygens (including phenoxy) is 1. The minimum absolute atomic E-state index is 0.924. The Kier molecular flexibility index (Phi) is 8.60. The van der Waals surface area contributed by atoms with Crippen molar-refractivity contribution in [2.75, 3.05) is 52.5 Å². The van der Waals surface area contributed by atoms with Gasteiger partial charge in [0.1, 0.15) is 0 Å². The van der Waals surface area contributed by atoms with Crippen molar-refractivity contribution in [3.63, 3.8) is 0 Å². The van der Waals surface area contributed by atoms with Crippen molar-refractivity contribution < 1.29 is 4.74 Å². The van der Waals surface area contributed by atoms with Crippen molar-refractivity contribution in [2.24, 2.45) is 0 Å². The summed E-state index contributed by atoms with van der Waals surface area (Å²) in [5, 5.41) is 0. The first-order valence-corrected chi connectivity index (χ1v) is 8.97. The Balaban J connectivity index is 1.88. The zero-order chi connectivity index (χ0) is 13.9. The van der Waals surface area contributed by atoms with Crippen LogP contribution in [-0.2, 0) is 4.74 Å². The summed E-state index contributed by atoms with van der Waals surface area (Å²) in [6.07, 6.45) is 12.6. The minimum Gasteiger partial charge on any atom is -0.379 e. The fourth-order valence-corrected chi connectivity index (χ4v) is 3.39. The molecule has 0 aromatic heterocycles. The van der Waals surface area contributed by atoms with E-state index in [-0.39, 0.29) is 0 Å². The highest BCUT2D eigenvalue weighted by atomic mass is 16.5. The molecule has 0 N–H and O–H groups in total. The van der Waals surface area contributed by atoms with E-state index in [9.17, 15) is 0 Å². The van der Waals surface area contributed by atoms with Crippen LogP contribution in [0.15, 0.2) is 0 Å². The molecule has 2 bridgehead atoms. The smallest absolute Gasteiger partial charge is 0.0594 e. The summed E-state index contributed by atoms with van der Waals surface area (Å²) in [6, 6.07) is 0. The van der Waals surface area contributed by atoms with E-state index in [1.54, 1.807) is 0 Å². The second-order valence-corrected chi connectivity index (χ2v) is 6.48. The molecule has 3 nitrogen and oxygen atoms in total. The average Bonchev–Trinajstić information content (AvgIpc) is 2.46. The maximum atomic E-state index is 5.86. The molecule has 20 heavy (non-hydrogen) atoms. The van der Waals surface area contributed by atoms with E-state index in [0.29, 0.717) is 0 Å². The van der Waals surface area contributed by atoms with Crippen LogP contribution in [0.1, 0.15) is 57.8 Å². The normalized spacial score (nSPS) is 32.4. The van der Waals surface area contributed by atoms with E-state index in [1.807, 2.05) is 0 Å². The fourth-order valence-electron chi connectivity index (χ4n) is 3.39. The average molecular weight is 282 g/mol. The molecule has 3 aliphatic rings. The highest BCUT2D eigenvalue weighted by molar-refractivity contribution is 4.64. The summed E-state index contributed by atoms with van der Waals surface area (Å²) in [5.74, 6) is 0. The molecule has 0 aliphatic carbocycles. The van der Waals surface area contributed by atoms with Crippen molar-refractivity contribution in [3.8, 4) is 0 Å². The van der Waals surface area contributed by atoms with Crippen molar-refractivity contribution in [1.82, 2.24) is 9.80 Å². The molecule has 2 unspecified atom stereocenters. The maximum absolute atomic E-state index is 5.86. The molecule has 118 valence electrons. The van der Waals surface area contributed by atoms with Crippen LogP contribution in [0.5, 0.6) is 0 Å². The van der Waals surface area contributed by atoms with E-state index < -0.39 is 0 Å². The van der Waals surface area contributed by atoms with Gasteiger partial charge >= 0.3 is 0 Å². The maximum Gasteiger partial charge on any atom is 0.0594 e. The van der Waals surface area contributed by atoms with Crippen LogP contribution in [0.25, 0.3) is 0 Å². The summed E-state index contributed by atoms with van der Waals surface area (Å²) in [6.45, 7) is 9.26. The number of rotatable bonds is 0. The van der Waals surface area contributed by atoms with Crippen LogP contribution in [0.4, 0.5) is 0 Å². The lowest BCUT2D eigenvalue weighted by Crippen LogP contribution is -2.33. The molecule has 0 aromatic carbocycles. The van der Waals surface area contributed by atoms with Gasteiger partial charge in [0.05, 0.1) is 13.2 Å². The van der Waals surface area contributed by atoms with Crippen molar-refractivity contribution >= 4 is 0 Å². The monoisotopic (exact) mass is 282 g/mol. The van der Waals surface area contributed by atoms with Crippen LogP contribution in [-0.4, -0.2) is 62.3 Å². The largest absolute Gasteiger partial charge is 0.379 e. The van der Waals surface area contributed by atoms with E-state index >= 15 is 0 Å². The molecule has 0 amide bonds. The second kappa shape index (κ2) is 10.6. The quantitative estimate of drug-likeness (QED) is 0.679. The molecule has 3 heteroatoms. The van der Waals surface area contributed by atoms with Gasteiger partial charge in [0.25, 0.3) is 0 Å². The van der Waals surface area contributed by atoms with Crippen LogP contribution >= 0.6 is 0 Å². The highest BCUT2D eigenvalue weighted by Gasteiger charge is 2.09. The molecule has 2 atom stereocenters. The Labute approximate surface area is 125 Å². The molecule has 3 heterocycles. The zero-order valence-electron chi connectivity index (χ0n) is 13.3. The molecule has 0 aromatic rings. The Morgan fingerprint density at radius 2 is 0.750 bits per heavy atom. The molecular weight excluding hydrogens is 248 g/mol. The third-order valence-electron chi connectivity index (χ3n) is 4.75. The van der Waals surface area contributed by atoms with Gasteiger partial charge in [-0.2, -0.15) is 0 Å². The van der Waals surface area contributed by atoms with E-state index in [1.165, 1.54) is 84.0 Å². The third kappa shape index (κ3) is 7.05. The van der Waals surface area contributed by atoms with E-state index in [2.05, 4.69) is 9.80 Å². The number of hydrogen-bond donors (Lipinski definition) is 0. The summed E-state index contributed by atoms with van der Waals surface area (Å²) < 4.78 is 5.86. The standard InChI is InChI=1S/C17H34N2O/c1-2-4-7-11-19-13-9-5-8-12-18(10-6-3-1)14-16-20-17-15-19/h1-17H2. The lowest BCUT2D eigenvalue weighted by Gasteiger charge is -2.25. The minimum atomic E-state index is 0.924. The molecule has 0 radical (unpaired) electrons. The topological polar surface area (TPSA) is 15.7 Å². The number of fused-ring (bicyclic) bond motifs is 15. The van der Waals surface area contributed by atoms with Gasteiger partial charge in [-0.15, -0.1) is 0 Å². The summed E-state index contributed by atoms with van der Waals surface area (Å²) >= 11 is 0. The summed E-state index contributed by atoms with van der Waals surface area (Å²) in [5.41, 5.74) is 0. The summed E-state index contributed by atoms with van der Waals surface area (Å²) in [4.78, 5) is 5.28. The van der Waals surface area contributed by atoms with Gasteiger partial charge in [0.2, 0.25) is 0 Å². The molecular formula is C17H34N2O. The van der Waals surface area contributed by atoms with Gasteiger partial charge in [0, 0.05) is 13.1 Å². The molecule has 3 rings (SSSR count). The molecule has 3 saturated heterocycles. The van der Waals surface area contributed by atoms with Gasteiger partial charge in [-0.05, 0) is 51.9 Å². The fraction of sp³-hybridized carbons (Fsp3) is 1.00. The predicted molar refractivity (Wildman–Crippen MR) is 85.3 cm³/mol. The first-order valence-electron chi connectivity index (χ1n) is 8.97. The number of nitrogens with zero attached hydrogens (tertiary/aromatic N) is 2.